The van der Waals surface area contributed by atoms with Crippen molar-refractivity contribution in [1.29, 1.82) is 0 Å². The highest BCUT2D eigenvalue weighted by Crippen LogP contribution is 2.35. The summed E-state index contributed by atoms with van der Waals surface area (Å²) in [5, 5.41) is 2.66. The zero-order valence-electron chi connectivity index (χ0n) is 18.1. The van der Waals surface area contributed by atoms with Crippen LogP contribution >= 0.6 is 0 Å². The van der Waals surface area contributed by atoms with Crippen LogP contribution in [0.4, 0.5) is 0 Å². The van der Waals surface area contributed by atoms with E-state index < -0.39 is 18.5 Å². The average Bonchev–Trinajstić information content (AvgIpc) is 2.84. The van der Waals surface area contributed by atoms with E-state index in [1.54, 1.807) is 18.2 Å². The number of amides is 1. The fraction of sp³-hybridized carbons (Fsp3) is 0.304. The molecule has 0 saturated carbocycles. The van der Waals surface area contributed by atoms with E-state index in [-0.39, 0.29) is 12.6 Å². The quantitative estimate of drug-likeness (QED) is 0.465. The smallest absolute Gasteiger partial charge is 0.331 e. The van der Waals surface area contributed by atoms with Crippen LogP contribution in [0.15, 0.2) is 42.5 Å². The Labute approximate surface area is 185 Å². The van der Waals surface area contributed by atoms with Gasteiger partial charge in [0.25, 0.3) is 5.91 Å². The lowest BCUT2D eigenvalue weighted by Gasteiger charge is -2.26. The van der Waals surface area contributed by atoms with Crippen molar-refractivity contribution >= 4 is 18.0 Å². The molecular weight excluding hydrogens is 418 g/mol. The van der Waals surface area contributed by atoms with Crippen LogP contribution in [0.2, 0.25) is 0 Å². The number of nitrogens with one attached hydrogen (secondary N) is 1. The van der Waals surface area contributed by atoms with E-state index in [0.29, 0.717) is 40.9 Å². The van der Waals surface area contributed by atoms with E-state index in [0.717, 1.165) is 0 Å². The average molecular weight is 443 g/mol. The Kier molecular flexibility index (Phi) is 7.80. The lowest BCUT2D eigenvalue weighted by molar-refractivity contribution is -0.143. The molecule has 0 aliphatic carbocycles. The van der Waals surface area contributed by atoms with Gasteiger partial charge in [0.1, 0.15) is 18.5 Å². The van der Waals surface area contributed by atoms with Crippen molar-refractivity contribution in [2.45, 2.75) is 6.10 Å². The first-order valence-corrected chi connectivity index (χ1v) is 9.84. The minimum atomic E-state index is -0.678. The maximum Gasteiger partial charge on any atom is 0.331 e. The first-order valence-electron chi connectivity index (χ1n) is 9.84. The maximum absolute atomic E-state index is 12.0. The Morgan fingerprint density at radius 1 is 1.03 bits per heavy atom. The molecule has 1 atom stereocenters. The van der Waals surface area contributed by atoms with E-state index in [1.165, 1.54) is 33.5 Å². The molecule has 0 aromatic heterocycles. The van der Waals surface area contributed by atoms with Gasteiger partial charge < -0.3 is 33.7 Å². The van der Waals surface area contributed by atoms with Gasteiger partial charge in [-0.2, -0.15) is 0 Å². The number of ether oxygens (including phenoxy) is 6. The molecule has 9 heteroatoms. The number of carbonyl (C=O) groups is 2. The minimum Gasteiger partial charge on any atom is -0.496 e. The largest absolute Gasteiger partial charge is 0.496 e. The molecule has 2 aromatic rings. The van der Waals surface area contributed by atoms with Crippen LogP contribution in [-0.4, -0.2) is 59.1 Å². The van der Waals surface area contributed by atoms with Crippen LogP contribution in [0, 0.1) is 0 Å². The van der Waals surface area contributed by atoms with E-state index in [2.05, 4.69) is 5.32 Å². The van der Waals surface area contributed by atoms with Gasteiger partial charge in [-0.25, -0.2) is 4.79 Å². The predicted octanol–water partition coefficient (Wildman–Crippen LogP) is 2.22. The van der Waals surface area contributed by atoms with Gasteiger partial charge >= 0.3 is 5.97 Å². The van der Waals surface area contributed by atoms with Crippen molar-refractivity contribution in [1.82, 2.24) is 5.32 Å². The van der Waals surface area contributed by atoms with Gasteiger partial charge in [-0.05, 0) is 24.3 Å². The molecule has 0 radical (unpaired) electrons. The number of fused-ring (bicyclic) bond motifs is 1. The highest BCUT2D eigenvalue weighted by Gasteiger charge is 2.21. The first kappa shape index (κ1) is 22.8. The minimum absolute atomic E-state index is 0.226. The van der Waals surface area contributed by atoms with Crippen LogP contribution in [0.5, 0.6) is 28.7 Å². The molecule has 2 aromatic carbocycles. The van der Waals surface area contributed by atoms with Crippen LogP contribution in [-0.2, 0) is 14.3 Å². The number of carbonyl (C=O) groups excluding carboxylic acids is 2. The van der Waals surface area contributed by atoms with E-state index in [1.807, 2.05) is 18.2 Å². The highest BCUT2D eigenvalue weighted by molar-refractivity contribution is 5.89. The third-order valence-corrected chi connectivity index (χ3v) is 4.57. The van der Waals surface area contributed by atoms with Crippen molar-refractivity contribution in [3.63, 3.8) is 0 Å². The molecule has 1 N–H and O–H groups in total. The third kappa shape index (κ3) is 5.84. The van der Waals surface area contributed by atoms with Gasteiger partial charge in [0.2, 0.25) is 0 Å². The molecule has 0 spiro atoms. The summed E-state index contributed by atoms with van der Waals surface area (Å²) in [6.45, 7) is 0.118. The molecule has 1 aliphatic rings. The number of methoxy groups -OCH3 is 3. The van der Waals surface area contributed by atoms with Crippen molar-refractivity contribution in [2.75, 3.05) is 41.1 Å². The first-order chi connectivity index (χ1) is 15.5. The van der Waals surface area contributed by atoms with Crippen molar-refractivity contribution < 1.29 is 38.0 Å². The Bertz CT molecular complexity index is 988. The molecule has 0 fully saturated rings. The van der Waals surface area contributed by atoms with Crippen LogP contribution in [0.1, 0.15) is 5.56 Å². The third-order valence-electron chi connectivity index (χ3n) is 4.57. The second kappa shape index (κ2) is 10.9. The maximum atomic E-state index is 12.0. The Morgan fingerprint density at radius 2 is 1.72 bits per heavy atom. The standard InChI is InChI=1S/C23H25NO8/c1-27-19-11-21(29-3)20(28-2)10-15(19)8-9-23(26)31-14-22(25)24-12-16-13-30-17-6-4-5-7-18(17)32-16/h4-11,16H,12-14H2,1-3H3,(H,24,25)/b9-8+. The summed E-state index contributed by atoms with van der Waals surface area (Å²) >= 11 is 0. The number of hydrogen-bond donors (Lipinski definition) is 1. The summed E-state index contributed by atoms with van der Waals surface area (Å²) in [5.74, 6) is 1.64. The van der Waals surface area contributed by atoms with Crippen LogP contribution in [0.3, 0.4) is 0 Å². The lowest BCUT2D eigenvalue weighted by Crippen LogP contribution is -2.42. The zero-order valence-corrected chi connectivity index (χ0v) is 18.1. The Balaban J connectivity index is 1.46. The van der Waals surface area contributed by atoms with Gasteiger partial charge in [-0.15, -0.1) is 0 Å². The van der Waals surface area contributed by atoms with Crippen molar-refractivity contribution in [3.8, 4) is 28.7 Å². The molecule has 3 rings (SSSR count). The highest BCUT2D eigenvalue weighted by atomic mass is 16.6. The number of benzene rings is 2. The fourth-order valence-electron chi connectivity index (χ4n) is 2.97. The monoisotopic (exact) mass is 443 g/mol. The van der Waals surface area contributed by atoms with Gasteiger partial charge in [0.05, 0.1) is 27.9 Å². The number of rotatable bonds is 9. The number of hydrogen-bond acceptors (Lipinski definition) is 8. The second-order valence-electron chi connectivity index (χ2n) is 6.69. The van der Waals surface area contributed by atoms with Crippen LogP contribution < -0.4 is 29.0 Å². The van der Waals surface area contributed by atoms with Gasteiger partial charge in [0.15, 0.2) is 29.6 Å². The molecule has 1 unspecified atom stereocenters. The van der Waals surface area contributed by atoms with E-state index in [9.17, 15) is 9.59 Å². The lowest BCUT2D eigenvalue weighted by atomic mass is 10.1. The predicted molar refractivity (Wildman–Crippen MR) is 115 cm³/mol. The Hall–Kier alpha value is -3.88. The molecule has 170 valence electrons. The van der Waals surface area contributed by atoms with E-state index in [4.69, 9.17) is 28.4 Å². The molecule has 1 heterocycles. The SMILES string of the molecule is COc1cc(OC)c(OC)cc1/C=C/C(=O)OCC(=O)NCC1COc2ccccc2O1. The van der Waals surface area contributed by atoms with E-state index >= 15 is 0 Å². The summed E-state index contributed by atoms with van der Waals surface area (Å²) in [5.41, 5.74) is 0.585. The molecular formula is C23H25NO8. The summed E-state index contributed by atoms with van der Waals surface area (Å²) in [6, 6.07) is 10.6. The van der Waals surface area contributed by atoms with Crippen molar-refractivity contribution in [2.24, 2.45) is 0 Å². The summed E-state index contributed by atoms with van der Waals surface area (Å²) in [6.07, 6.45) is 2.37. The Morgan fingerprint density at radius 3 is 2.44 bits per heavy atom. The summed E-state index contributed by atoms with van der Waals surface area (Å²) in [7, 11) is 4.52. The van der Waals surface area contributed by atoms with Gasteiger partial charge in [-0.3, -0.25) is 4.79 Å². The zero-order chi connectivity index (χ0) is 22.9. The fourth-order valence-corrected chi connectivity index (χ4v) is 2.97. The number of para-hydroxylation sites is 2. The molecule has 0 bridgehead atoms. The molecule has 9 nitrogen and oxygen atoms in total. The summed E-state index contributed by atoms with van der Waals surface area (Å²) in [4.78, 5) is 24.0. The summed E-state index contributed by atoms with van der Waals surface area (Å²) < 4.78 is 32.1. The van der Waals surface area contributed by atoms with Crippen LogP contribution in [0.25, 0.3) is 6.08 Å². The second-order valence-corrected chi connectivity index (χ2v) is 6.69. The topological polar surface area (TPSA) is 102 Å². The van der Waals surface area contributed by atoms with Gasteiger partial charge in [0, 0.05) is 17.7 Å². The normalized spacial score (nSPS) is 14.5. The number of esters is 1. The molecule has 1 aliphatic heterocycles. The molecule has 32 heavy (non-hydrogen) atoms. The van der Waals surface area contributed by atoms with Crippen molar-refractivity contribution in [3.05, 3.63) is 48.0 Å². The molecule has 1 amide bonds. The molecule has 0 saturated heterocycles. The van der Waals surface area contributed by atoms with Gasteiger partial charge in [-0.1, -0.05) is 12.1 Å².